The molecule has 4 rings (SSSR count). The van der Waals surface area contributed by atoms with E-state index >= 15 is 0 Å². The third kappa shape index (κ3) is 3.77. The van der Waals surface area contributed by atoms with Gasteiger partial charge in [-0.25, -0.2) is 8.42 Å². The minimum Gasteiger partial charge on any atom is -0.455 e. The summed E-state index contributed by atoms with van der Waals surface area (Å²) in [6.45, 7) is 5.30. The molecule has 27 heavy (non-hydrogen) atoms. The van der Waals surface area contributed by atoms with Crippen LogP contribution in [0.1, 0.15) is 30.5 Å². The average Bonchev–Trinajstić information content (AvgIpc) is 3.35. The van der Waals surface area contributed by atoms with Crippen LogP contribution in [0, 0.1) is 6.92 Å². The van der Waals surface area contributed by atoms with Crippen LogP contribution in [-0.2, 0) is 10.0 Å². The van der Waals surface area contributed by atoms with E-state index in [2.05, 4.69) is 20.4 Å². The number of halogens is 1. The van der Waals surface area contributed by atoms with Gasteiger partial charge in [0.25, 0.3) is 5.89 Å². The number of sulfonamides is 1. The van der Waals surface area contributed by atoms with Crippen molar-refractivity contribution in [3.05, 3.63) is 17.7 Å². The SMILES string of the molecule is Cc1oc(-c2nc(C3CNCCN3C)no2)cc1S(=O)(=O)N1CCCC1.Cl. The van der Waals surface area contributed by atoms with Crippen molar-refractivity contribution >= 4 is 22.4 Å². The van der Waals surface area contributed by atoms with Gasteiger partial charge in [0.1, 0.15) is 10.7 Å². The Balaban J connectivity index is 0.00000210. The van der Waals surface area contributed by atoms with Crippen molar-refractivity contribution in [3.8, 4) is 11.7 Å². The molecular formula is C16H24ClN5O4S. The van der Waals surface area contributed by atoms with Gasteiger partial charge in [-0.1, -0.05) is 5.16 Å². The highest BCUT2D eigenvalue weighted by Crippen LogP contribution is 2.31. The highest BCUT2D eigenvalue weighted by atomic mass is 35.5. The lowest BCUT2D eigenvalue weighted by molar-refractivity contribution is 0.190. The molecule has 150 valence electrons. The molecule has 0 aromatic carbocycles. The zero-order chi connectivity index (χ0) is 18.3. The van der Waals surface area contributed by atoms with E-state index in [4.69, 9.17) is 8.94 Å². The van der Waals surface area contributed by atoms with Crippen LogP contribution in [0.4, 0.5) is 0 Å². The van der Waals surface area contributed by atoms with Crippen molar-refractivity contribution in [1.29, 1.82) is 0 Å². The molecule has 0 aliphatic carbocycles. The summed E-state index contributed by atoms with van der Waals surface area (Å²) >= 11 is 0. The summed E-state index contributed by atoms with van der Waals surface area (Å²) in [6.07, 6.45) is 1.78. The van der Waals surface area contributed by atoms with Gasteiger partial charge in [-0.3, -0.25) is 4.90 Å². The smallest absolute Gasteiger partial charge is 0.293 e. The van der Waals surface area contributed by atoms with Crippen molar-refractivity contribution in [2.75, 3.05) is 39.8 Å². The van der Waals surface area contributed by atoms with E-state index in [1.807, 2.05) is 7.05 Å². The number of aryl methyl sites for hydroxylation is 1. The normalized spacial score (nSPS) is 22.1. The minimum absolute atomic E-state index is 0. The molecule has 2 fully saturated rings. The predicted octanol–water partition coefficient (Wildman–Crippen LogP) is 1.42. The summed E-state index contributed by atoms with van der Waals surface area (Å²) in [4.78, 5) is 6.75. The van der Waals surface area contributed by atoms with Crippen LogP contribution in [0.5, 0.6) is 0 Å². The third-order valence-electron chi connectivity index (χ3n) is 5.02. The molecule has 11 heteroatoms. The van der Waals surface area contributed by atoms with Crippen molar-refractivity contribution in [3.63, 3.8) is 0 Å². The molecule has 2 saturated heterocycles. The highest BCUT2D eigenvalue weighted by Gasteiger charge is 2.32. The van der Waals surface area contributed by atoms with Crippen LogP contribution in [0.3, 0.4) is 0 Å². The second-order valence-electron chi connectivity index (χ2n) is 6.80. The summed E-state index contributed by atoms with van der Waals surface area (Å²) in [5, 5.41) is 7.36. The van der Waals surface area contributed by atoms with E-state index in [0.717, 1.165) is 32.5 Å². The van der Waals surface area contributed by atoms with Crippen LogP contribution in [0.25, 0.3) is 11.7 Å². The zero-order valence-corrected chi connectivity index (χ0v) is 17.0. The van der Waals surface area contributed by atoms with Gasteiger partial charge in [-0.05, 0) is 26.8 Å². The Morgan fingerprint density at radius 1 is 1.26 bits per heavy atom. The van der Waals surface area contributed by atoms with Gasteiger partial charge in [-0.2, -0.15) is 9.29 Å². The van der Waals surface area contributed by atoms with Crippen molar-refractivity contribution < 1.29 is 17.4 Å². The Hall–Kier alpha value is -1.46. The number of nitrogens with one attached hydrogen (secondary N) is 1. The number of likely N-dealkylation sites (N-methyl/N-ethyl adjacent to an activating group) is 1. The van der Waals surface area contributed by atoms with Crippen molar-refractivity contribution in [2.24, 2.45) is 0 Å². The molecule has 0 saturated carbocycles. The van der Waals surface area contributed by atoms with Crippen LogP contribution >= 0.6 is 12.4 Å². The fraction of sp³-hybridized carbons (Fsp3) is 0.625. The number of hydrogen-bond donors (Lipinski definition) is 1. The second kappa shape index (κ2) is 7.88. The quantitative estimate of drug-likeness (QED) is 0.796. The first-order valence-electron chi connectivity index (χ1n) is 8.82. The van der Waals surface area contributed by atoms with Gasteiger partial charge in [0.15, 0.2) is 11.6 Å². The van der Waals surface area contributed by atoms with Crippen LogP contribution < -0.4 is 5.32 Å². The van der Waals surface area contributed by atoms with E-state index in [1.165, 1.54) is 10.4 Å². The number of rotatable bonds is 4. The van der Waals surface area contributed by atoms with Crippen molar-refractivity contribution in [2.45, 2.75) is 30.7 Å². The number of furan rings is 1. The zero-order valence-electron chi connectivity index (χ0n) is 15.3. The van der Waals surface area contributed by atoms with Gasteiger partial charge in [-0.15, -0.1) is 12.4 Å². The molecule has 0 bridgehead atoms. The lowest BCUT2D eigenvalue weighted by Crippen LogP contribution is -2.44. The van der Waals surface area contributed by atoms with Gasteiger partial charge in [0, 0.05) is 38.8 Å². The Morgan fingerprint density at radius 2 is 2.00 bits per heavy atom. The van der Waals surface area contributed by atoms with E-state index in [0.29, 0.717) is 24.7 Å². The largest absolute Gasteiger partial charge is 0.455 e. The molecule has 2 aliphatic heterocycles. The number of nitrogens with zero attached hydrogens (tertiary/aromatic N) is 4. The first kappa shape index (κ1) is 20.3. The fourth-order valence-corrected chi connectivity index (χ4v) is 5.14. The van der Waals surface area contributed by atoms with Crippen LogP contribution in [0.2, 0.25) is 0 Å². The van der Waals surface area contributed by atoms with Gasteiger partial charge in [0.05, 0.1) is 6.04 Å². The summed E-state index contributed by atoms with van der Waals surface area (Å²) < 4.78 is 38.0. The fourth-order valence-electron chi connectivity index (χ4n) is 3.46. The Kier molecular flexibility index (Phi) is 5.92. The minimum atomic E-state index is -3.55. The molecule has 0 radical (unpaired) electrons. The standard InChI is InChI=1S/C16H23N5O4S.ClH/c1-11-14(26(22,23)21-6-3-4-7-21)9-13(24-11)16-18-15(19-25-16)12-10-17-5-8-20(12)2;/h9,12,17H,3-8,10H2,1-2H3;1H. The maximum Gasteiger partial charge on any atom is 0.293 e. The highest BCUT2D eigenvalue weighted by molar-refractivity contribution is 7.89. The van der Waals surface area contributed by atoms with Gasteiger partial charge >= 0.3 is 0 Å². The molecule has 9 nitrogen and oxygen atoms in total. The first-order valence-corrected chi connectivity index (χ1v) is 10.3. The molecule has 0 spiro atoms. The Labute approximate surface area is 164 Å². The van der Waals surface area contributed by atoms with Gasteiger partial charge in [0.2, 0.25) is 10.0 Å². The number of piperazine rings is 1. The molecule has 1 N–H and O–H groups in total. The van der Waals surface area contributed by atoms with Crippen LogP contribution in [-0.4, -0.2) is 67.5 Å². The number of aromatic nitrogens is 2. The summed E-state index contributed by atoms with van der Waals surface area (Å²) in [5.74, 6) is 1.38. The molecule has 2 aromatic rings. The topological polar surface area (TPSA) is 105 Å². The van der Waals surface area contributed by atoms with Crippen LogP contribution in [0.15, 0.2) is 19.9 Å². The molecule has 2 aliphatic rings. The average molecular weight is 418 g/mol. The third-order valence-corrected chi connectivity index (χ3v) is 7.02. The molecule has 1 unspecified atom stereocenters. The monoisotopic (exact) mass is 417 g/mol. The Bertz CT molecular complexity index is 891. The lowest BCUT2D eigenvalue weighted by atomic mass is 10.2. The molecule has 0 amide bonds. The molecular weight excluding hydrogens is 394 g/mol. The van der Waals surface area contributed by atoms with E-state index in [-0.39, 0.29) is 35.0 Å². The molecule has 1 atom stereocenters. The second-order valence-corrected chi connectivity index (χ2v) is 8.71. The predicted molar refractivity (Wildman–Crippen MR) is 100 cm³/mol. The van der Waals surface area contributed by atoms with E-state index in [9.17, 15) is 8.42 Å². The van der Waals surface area contributed by atoms with Crippen molar-refractivity contribution in [1.82, 2.24) is 24.7 Å². The first-order chi connectivity index (χ1) is 12.5. The maximum atomic E-state index is 12.8. The van der Waals surface area contributed by atoms with E-state index in [1.54, 1.807) is 6.92 Å². The van der Waals surface area contributed by atoms with E-state index < -0.39 is 10.0 Å². The number of hydrogen-bond acceptors (Lipinski definition) is 8. The van der Waals surface area contributed by atoms with Gasteiger partial charge < -0.3 is 14.3 Å². The maximum absolute atomic E-state index is 12.8. The lowest BCUT2D eigenvalue weighted by Gasteiger charge is -2.30. The summed E-state index contributed by atoms with van der Waals surface area (Å²) in [7, 11) is -1.53. The molecule has 2 aromatic heterocycles. The summed E-state index contributed by atoms with van der Waals surface area (Å²) in [6, 6.07) is 1.51. The molecule has 4 heterocycles. The Morgan fingerprint density at radius 3 is 2.70 bits per heavy atom. The summed E-state index contributed by atoms with van der Waals surface area (Å²) in [5.41, 5.74) is 0.